The first kappa shape index (κ1) is 21.4. The Kier molecular flexibility index (Phi) is 7.50. The van der Waals surface area contributed by atoms with Crippen molar-refractivity contribution in [2.24, 2.45) is 7.05 Å². The maximum Gasteiger partial charge on any atom is 0.284 e. The summed E-state index contributed by atoms with van der Waals surface area (Å²) in [5, 5.41) is 24.9. The summed E-state index contributed by atoms with van der Waals surface area (Å²) in [5.74, 6) is -0.634. The van der Waals surface area contributed by atoms with E-state index in [0.717, 1.165) is 18.2 Å². The Bertz CT molecular complexity index is 869. The average Bonchev–Trinajstić information content (AvgIpc) is 3.06. The molecule has 0 bridgehead atoms. The van der Waals surface area contributed by atoms with E-state index >= 15 is 0 Å². The summed E-state index contributed by atoms with van der Waals surface area (Å²) < 4.78 is 1.64. The molecule has 1 atom stereocenters. The zero-order valence-corrected chi connectivity index (χ0v) is 16.7. The molecule has 150 valence electrons. The molecule has 2 amide bonds. The summed E-state index contributed by atoms with van der Waals surface area (Å²) >= 11 is 1.09. The number of nitrogens with zero attached hydrogens (tertiary/aromatic N) is 4. The molecule has 10 nitrogen and oxygen atoms in total. The van der Waals surface area contributed by atoms with Gasteiger partial charge < -0.3 is 15.2 Å². The van der Waals surface area contributed by atoms with Crippen LogP contribution in [0.4, 0.5) is 5.69 Å². The lowest BCUT2D eigenvalue weighted by Crippen LogP contribution is -2.35. The molecule has 0 saturated heterocycles. The second kappa shape index (κ2) is 9.83. The second-order valence-electron chi connectivity index (χ2n) is 6.15. The third-order valence-electron chi connectivity index (χ3n) is 3.95. The number of nitro benzene ring substituents is 1. The van der Waals surface area contributed by atoms with Crippen LogP contribution >= 0.6 is 11.8 Å². The van der Waals surface area contributed by atoms with Gasteiger partial charge in [-0.05, 0) is 37.2 Å². The highest BCUT2D eigenvalue weighted by Crippen LogP contribution is 2.34. The third kappa shape index (κ3) is 5.78. The smallest absolute Gasteiger partial charge is 0.284 e. The van der Waals surface area contributed by atoms with Gasteiger partial charge in [0.2, 0.25) is 5.91 Å². The first-order valence-electron chi connectivity index (χ1n) is 8.69. The van der Waals surface area contributed by atoms with E-state index in [0.29, 0.717) is 10.1 Å². The van der Waals surface area contributed by atoms with Crippen molar-refractivity contribution >= 4 is 29.3 Å². The van der Waals surface area contributed by atoms with E-state index in [9.17, 15) is 19.7 Å². The van der Waals surface area contributed by atoms with Gasteiger partial charge in [-0.2, -0.15) is 0 Å². The van der Waals surface area contributed by atoms with Gasteiger partial charge in [0.25, 0.3) is 11.6 Å². The van der Waals surface area contributed by atoms with Crippen LogP contribution in [0.2, 0.25) is 0 Å². The number of benzene rings is 1. The molecule has 2 N–H and O–H groups in total. The molecule has 0 radical (unpaired) electrons. The van der Waals surface area contributed by atoms with Crippen LogP contribution in [0.15, 0.2) is 34.6 Å². The molecular formula is C17H22N6O4S. The highest BCUT2D eigenvalue weighted by Gasteiger charge is 2.20. The number of carbonyl (C=O) groups excluding carboxylic acids is 2. The number of carbonyl (C=O) groups is 2. The highest BCUT2D eigenvalue weighted by atomic mass is 32.2. The van der Waals surface area contributed by atoms with Crippen LogP contribution in [0.3, 0.4) is 0 Å². The van der Waals surface area contributed by atoms with Gasteiger partial charge in [0, 0.05) is 37.7 Å². The topological polar surface area (TPSA) is 132 Å². The number of nitrogens with one attached hydrogen (secondary N) is 2. The van der Waals surface area contributed by atoms with Gasteiger partial charge >= 0.3 is 0 Å². The minimum absolute atomic E-state index is 0.0739. The molecule has 0 aliphatic heterocycles. The lowest BCUT2D eigenvalue weighted by molar-refractivity contribution is -0.387. The SMILES string of the molecule is CCC(C)NC(=O)CCNC(=O)c1ccc(Sc2nncn2C)c([N+](=O)[O-])c1. The normalized spacial score (nSPS) is 11.7. The fraction of sp³-hybridized carbons (Fsp3) is 0.412. The van der Waals surface area contributed by atoms with Crippen molar-refractivity contribution in [2.45, 2.75) is 42.8 Å². The van der Waals surface area contributed by atoms with Gasteiger partial charge in [-0.25, -0.2) is 0 Å². The standard InChI is InChI=1S/C17H22N6O4S/c1-4-11(2)20-15(24)7-8-18-16(25)12-5-6-14(13(9-12)23(26)27)28-17-21-19-10-22(17)3/h5-6,9-11H,4,7-8H2,1-3H3,(H,18,25)(H,20,24). The van der Waals surface area contributed by atoms with E-state index < -0.39 is 10.8 Å². The molecule has 1 aromatic carbocycles. The molecular weight excluding hydrogens is 384 g/mol. The first-order valence-corrected chi connectivity index (χ1v) is 9.51. The quantitative estimate of drug-likeness (QED) is 0.480. The Morgan fingerprint density at radius 2 is 2.14 bits per heavy atom. The first-order chi connectivity index (χ1) is 13.3. The molecule has 1 unspecified atom stereocenters. The molecule has 1 heterocycles. The monoisotopic (exact) mass is 406 g/mol. The summed E-state index contributed by atoms with van der Waals surface area (Å²) in [6.45, 7) is 4.01. The van der Waals surface area contributed by atoms with E-state index in [1.54, 1.807) is 11.6 Å². The van der Waals surface area contributed by atoms with Crippen molar-refractivity contribution in [1.82, 2.24) is 25.4 Å². The Morgan fingerprint density at radius 3 is 2.75 bits per heavy atom. The molecule has 0 aliphatic rings. The summed E-state index contributed by atoms with van der Waals surface area (Å²) in [4.78, 5) is 35.2. The number of nitro groups is 1. The van der Waals surface area contributed by atoms with Crippen LogP contribution in [-0.4, -0.2) is 44.1 Å². The summed E-state index contributed by atoms with van der Waals surface area (Å²) in [7, 11) is 1.73. The predicted octanol–water partition coefficient (Wildman–Crippen LogP) is 1.91. The molecule has 0 spiro atoms. The summed E-state index contributed by atoms with van der Waals surface area (Å²) in [6, 6.07) is 4.29. The van der Waals surface area contributed by atoms with E-state index in [1.807, 2.05) is 13.8 Å². The Morgan fingerprint density at radius 1 is 1.39 bits per heavy atom. The van der Waals surface area contributed by atoms with Crippen molar-refractivity contribution in [3.8, 4) is 0 Å². The number of rotatable bonds is 9. The van der Waals surface area contributed by atoms with Crippen LogP contribution in [0.5, 0.6) is 0 Å². The predicted molar refractivity (Wildman–Crippen MR) is 103 cm³/mol. The van der Waals surface area contributed by atoms with Gasteiger partial charge in [-0.1, -0.05) is 6.92 Å². The lowest BCUT2D eigenvalue weighted by Gasteiger charge is -2.11. The van der Waals surface area contributed by atoms with E-state index in [4.69, 9.17) is 0 Å². The van der Waals surface area contributed by atoms with Gasteiger partial charge in [0.05, 0.1) is 9.82 Å². The maximum atomic E-state index is 12.3. The molecule has 0 fully saturated rings. The maximum absolute atomic E-state index is 12.3. The number of amides is 2. The number of aromatic nitrogens is 3. The van der Waals surface area contributed by atoms with Crippen LogP contribution < -0.4 is 10.6 Å². The fourth-order valence-electron chi connectivity index (χ4n) is 2.19. The molecule has 1 aromatic heterocycles. The Labute approximate surface area is 166 Å². The Balaban J connectivity index is 2.02. The third-order valence-corrected chi connectivity index (χ3v) is 5.06. The lowest BCUT2D eigenvalue weighted by atomic mass is 10.2. The minimum atomic E-state index is -0.547. The number of aryl methyl sites for hydroxylation is 1. The molecule has 2 rings (SSSR count). The number of hydrogen-bond acceptors (Lipinski definition) is 7. The highest BCUT2D eigenvalue weighted by molar-refractivity contribution is 7.99. The zero-order valence-electron chi connectivity index (χ0n) is 15.8. The van der Waals surface area contributed by atoms with Crippen molar-refractivity contribution in [3.63, 3.8) is 0 Å². The van der Waals surface area contributed by atoms with Crippen LogP contribution in [-0.2, 0) is 11.8 Å². The van der Waals surface area contributed by atoms with Crippen LogP contribution in [0.1, 0.15) is 37.0 Å². The van der Waals surface area contributed by atoms with Crippen LogP contribution in [0, 0.1) is 10.1 Å². The van der Waals surface area contributed by atoms with Crippen molar-refractivity contribution in [3.05, 3.63) is 40.2 Å². The van der Waals surface area contributed by atoms with E-state index in [-0.39, 0.29) is 36.2 Å². The molecule has 11 heteroatoms. The minimum Gasteiger partial charge on any atom is -0.354 e. The zero-order chi connectivity index (χ0) is 20.7. The average molecular weight is 406 g/mol. The van der Waals surface area contributed by atoms with Crippen molar-refractivity contribution in [2.75, 3.05) is 6.54 Å². The van der Waals surface area contributed by atoms with Gasteiger partial charge in [-0.3, -0.25) is 19.7 Å². The molecule has 0 aliphatic carbocycles. The molecule has 28 heavy (non-hydrogen) atoms. The second-order valence-corrected chi connectivity index (χ2v) is 7.16. The number of hydrogen-bond donors (Lipinski definition) is 2. The Hall–Kier alpha value is -2.95. The van der Waals surface area contributed by atoms with E-state index in [1.165, 1.54) is 24.5 Å². The molecule has 0 saturated carbocycles. The van der Waals surface area contributed by atoms with Gasteiger partial charge in [0.1, 0.15) is 6.33 Å². The van der Waals surface area contributed by atoms with E-state index in [2.05, 4.69) is 20.8 Å². The van der Waals surface area contributed by atoms with Gasteiger partial charge in [-0.15, -0.1) is 10.2 Å². The van der Waals surface area contributed by atoms with Crippen molar-refractivity contribution < 1.29 is 14.5 Å². The van der Waals surface area contributed by atoms with Crippen LogP contribution in [0.25, 0.3) is 0 Å². The van der Waals surface area contributed by atoms with Gasteiger partial charge in [0.15, 0.2) is 5.16 Å². The summed E-state index contributed by atoms with van der Waals surface area (Å²) in [5.41, 5.74) is -0.0495. The van der Waals surface area contributed by atoms with Crippen molar-refractivity contribution in [1.29, 1.82) is 0 Å². The molecule has 2 aromatic rings. The summed E-state index contributed by atoms with van der Waals surface area (Å²) in [6.07, 6.45) is 2.45. The largest absolute Gasteiger partial charge is 0.354 e. The fourth-order valence-corrected chi connectivity index (χ4v) is 3.04.